The largest absolute Gasteiger partial charge is 0.424 e. The van der Waals surface area contributed by atoms with Crippen molar-refractivity contribution in [3.8, 4) is 11.3 Å². The predicted octanol–water partition coefficient (Wildman–Crippen LogP) is 2.30. The third-order valence-corrected chi connectivity index (χ3v) is 7.14. The van der Waals surface area contributed by atoms with Crippen LogP contribution in [-0.4, -0.2) is 58.2 Å². The van der Waals surface area contributed by atoms with Gasteiger partial charge in [0.2, 0.25) is 0 Å². The van der Waals surface area contributed by atoms with Gasteiger partial charge in [-0.15, -0.1) is 0 Å². The summed E-state index contributed by atoms with van der Waals surface area (Å²) in [5.41, 5.74) is 2.54. The van der Waals surface area contributed by atoms with Crippen LogP contribution in [0.3, 0.4) is 0 Å². The number of hydrogen-bond acceptors (Lipinski definition) is 6. The summed E-state index contributed by atoms with van der Waals surface area (Å²) in [5, 5.41) is 13.4. The van der Waals surface area contributed by atoms with Crippen molar-refractivity contribution in [1.29, 1.82) is 0 Å². The number of rotatable bonds is 3. The minimum Gasteiger partial charge on any atom is -0.393 e. The number of nitrogens with one attached hydrogen (secondary N) is 1. The van der Waals surface area contributed by atoms with Crippen LogP contribution >= 0.6 is 0 Å². The third-order valence-electron chi connectivity index (χ3n) is 5.78. The molecule has 10 heteroatoms. The fraction of sp³-hybridized carbons (Fsp3) is 0.524. The van der Waals surface area contributed by atoms with Crippen molar-refractivity contribution >= 4 is 16.4 Å². The Kier molecular flexibility index (Phi) is 5.57. The molecule has 0 bridgehead atoms. The average Bonchev–Trinajstić information content (AvgIpc) is 3.17. The summed E-state index contributed by atoms with van der Waals surface area (Å²) in [6, 6.07) is 7.88. The van der Waals surface area contributed by atoms with E-state index < -0.39 is 28.0 Å². The molecule has 1 fully saturated rings. The van der Waals surface area contributed by atoms with Gasteiger partial charge in [-0.1, -0.05) is 24.3 Å². The molecule has 0 saturated carbocycles. The summed E-state index contributed by atoms with van der Waals surface area (Å²) in [6.07, 6.45) is 2.50. The van der Waals surface area contributed by atoms with Crippen molar-refractivity contribution in [2.24, 2.45) is 5.92 Å². The number of carbonyl (C=O) groups is 1. The molecule has 2 aliphatic heterocycles. The topological polar surface area (TPSA) is 114 Å². The van der Waals surface area contributed by atoms with Crippen molar-refractivity contribution in [2.75, 3.05) is 13.1 Å². The Morgan fingerprint density at radius 2 is 1.94 bits per heavy atom. The Balaban J connectivity index is 1.53. The normalized spacial score (nSPS) is 24.2. The second kappa shape index (κ2) is 7.92. The van der Waals surface area contributed by atoms with Crippen molar-refractivity contribution in [2.45, 2.75) is 51.3 Å². The van der Waals surface area contributed by atoms with Crippen LogP contribution in [0.2, 0.25) is 0 Å². The van der Waals surface area contributed by atoms with Gasteiger partial charge in [0, 0.05) is 30.1 Å². The number of nitrogens with zero attached hydrogens (tertiary/aromatic N) is 3. The second-order valence-corrected chi connectivity index (χ2v) is 10.7. The molecule has 3 unspecified atom stereocenters. The van der Waals surface area contributed by atoms with E-state index >= 15 is 0 Å². The average molecular weight is 449 g/mol. The predicted molar refractivity (Wildman–Crippen MR) is 114 cm³/mol. The van der Waals surface area contributed by atoms with Crippen LogP contribution in [0.25, 0.3) is 11.3 Å². The van der Waals surface area contributed by atoms with E-state index in [0.717, 1.165) is 21.1 Å². The van der Waals surface area contributed by atoms with Crippen LogP contribution in [0.4, 0.5) is 4.79 Å². The molecule has 2 aliphatic rings. The van der Waals surface area contributed by atoms with Crippen LogP contribution in [0.15, 0.2) is 36.8 Å². The van der Waals surface area contributed by atoms with E-state index in [9.17, 15) is 18.3 Å². The monoisotopic (exact) mass is 448 g/mol. The molecule has 3 heterocycles. The molecule has 1 aromatic heterocycles. The summed E-state index contributed by atoms with van der Waals surface area (Å²) in [5.74, 6) is -0.208. The van der Waals surface area contributed by atoms with Gasteiger partial charge in [-0.3, -0.25) is 0 Å². The lowest BCUT2D eigenvalue weighted by Gasteiger charge is -2.28. The molecule has 0 aliphatic carbocycles. The summed E-state index contributed by atoms with van der Waals surface area (Å²) in [6.45, 7) is 5.43. The van der Waals surface area contributed by atoms with Gasteiger partial charge in [-0.05, 0) is 39.2 Å². The van der Waals surface area contributed by atoms with Crippen LogP contribution in [0.5, 0.6) is 0 Å². The van der Waals surface area contributed by atoms with E-state index in [-0.39, 0.29) is 31.5 Å². The van der Waals surface area contributed by atoms with Crippen LogP contribution in [0, 0.1) is 5.92 Å². The SMILES string of the molecule is CC(C)(C)NC(=O)OS(=O)(=O)N1CCC(O)C(C2c3ccccc3-c3cncn32)CC1. The van der Waals surface area contributed by atoms with Gasteiger partial charge in [0.25, 0.3) is 0 Å². The number of aliphatic hydroxyl groups is 1. The van der Waals surface area contributed by atoms with E-state index in [1.165, 1.54) is 0 Å². The zero-order valence-electron chi connectivity index (χ0n) is 17.9. The Bertz CT molecular complexity index is 1080. The number of imidazole rings is 1. The van der Waals surface area contributed by atoms with Gasteiger partial charge < -0.3 is 19.2 Å². The number of aliphatic hydroxyl groups excluding tert-OH is 1. The van der Waals surface area contributed by atoms with E-state index in [0.29, 0.717) is 6.42 Å². The highest BCUT2D eigenvalue weighted by molar-refractivity contribution is 7.84. The van der Waals surface area contributed by atoms with Crippen molar-refractivity contribution in [1.82, 2.24) is 19.2 Å². The molecule has 0 radical (unpaired) electrons. The summed E-state index contributed by atoms with van der Waals surface area (Å²) in [7, 11) is -4.27. The van der Waals surface area contributed by atoms with Gasteiger partial charge in [0.1, 0.15) is 0 Å². The molecule has 31 heavy (non-hydrogen) atoms. The quantitative estimate of drug-likeness (QED) is 0.745. The number of aromatic nitrogens is 2. The lowest BCUT2D eigenvalue weighted by molar-refractivity contribution is 0.0836. The minimum atomic E-state index is -4.27. The highest BCUT2D eigenvalue weighted by Crippen LogP contribution is 2.45. The van der Waals surface area contributed by atoms with Crippen LogP contribution in [-0.2, 0) is 14.5 Å². The molecular weight excluding hydrogens is 420 g/mol. The smallest absolute Gasteiger partial charge is 0.393 e. The number of benzene rings is 1. The maximum Gasteiger partial charge on any atom is 0.424 e. The fourth-order valence-corrected chi connectivity index (χ4v) is 5.46. The first kappa shape index (κ1) is 21.8. The van der Waals surface area contributed by atoms with Gasteiger partial charge in [0.15, 0.2) is 0 Å². The van der Waals surface area contributed by atoms with Gasteiger partial charge in [-0.2, -0.15) is 12.7 Å². The van der Waals surface area contributed by atoms with Crippen LogP contribution < -0.4 is 5.32 Å². The maximum atomic E-state index is 12.7. The van der Waals surface area contributed by atoms with Crippen molar-refractivity contribution < 1.29 is 22.5 Å². The molecule has 168 valence electrons. The van der Waals surface area contributed by atoms with Gasteiger partial charge >= 0.3 is 16.4 Å². The molecule has 2 N–H and O–H groups in total. The Morgan fingerprint density at radius 1 is 1.23 bits per heavy atom. The van der Waals surface area contributed by atoms with Gasteiger partial charge in [-0.25, -0.2) is 9.78 Å². The van der Waals surface area contributed by atoms with Crippen LogP contribution in [0.1, 0.15) is 45.2 Å². The van der Waals surface area contributed by atoms with E-state index in [2.05, 4.69) is 14.9 Å². The first-order valence-electron chi connectivity index (χ1n) is 10.4. The van der Waals surface area contributed by atoms with E-state index in [1.54, 1.807) is 33.3 Å². The molecule has 1 saturated heterocycles. The maximum absolute atomic E-state index is 12.7. The second-order valence-electron chi connectivity index (χ2n) is 9.13. The highest BCUT2D eigenvalue weighted by atomic mass is 32.2. The molecule has 1 aromatic carbocycles. The number of amides is 1. The molecule has 4 rings (SSSR count). The first-order chi connectivity index (χ1) is 14.6. The summed E-state index contributed by atoms with van der Waals surface area (Å²) in [4.78, 5) is 16.2. The van der Waals surface area contributed by atoms with Crippen molar-refractivity contribution in [3.63, 3.8) is 0 Å². The Hall–Kier alpha value is -2.43. The molecule has 1 amide bonds. The number of hydrogen-bond donors (Lipinski definition) is 2. The summed E-state index contributed by atoms with van der Waals surface area (Å²) >= 11 is 0. The number of fused-ring (bicyclic) bond motifs is 3. The zero-order valence-corrected chi connectivity index (χ0v) is 18.7. The molecule has 0 spiro atoms. The van der Waals surface area contributed by atoms with E-state index in [4.69, 9.17) is 4.18 Å². The number of carbonyl (C=O) groups excluding carboxylic acids is 1. The van der Waals surface area contributed by atoms with Crippen molar-refractivity contribution in [3.05, 3.63) is 42.4 Å². The third kappa shape index (κ3) is 4.32. The molecule has 3 atom stereocenters. The molecule has 9 nitrogen and oxygen atoms in total. The minimum absolute atomic E-state index is 0.0773. The lowest BCUT2D eigenvalue weighted by Crippen LogP contribution is -2.44. The van der Waals surface area contributed by atoms with E-state index in [1.807, 2.05) is 24.3 Å². The zero-order chi connectivity index (χ0) is 22.4. The fourth-order valence-electron chi connectivity index (χ4n) is 4.46. The highest BCUT2D eigenvalue weighted by Gasteiger charge is 2.41. The molecule has 2 aromatic rings. The Morgan fingerprint density at radius 3 is 2.68 bits per heavy atom. The summed E-state index contributed by atoms with van der Waals surface area (Å²) < 4.78 is 33.3. The first-order valence-corrected chi connectivity index (χ1v) is 11.7. The molecular formula is C21H28N4O5S. The lowest BCUT2D eigenvalue weighted by atomic mass is 9.85. The Labute approximate surface area is 182 Å². The van der Waals surface area contributed by atoms with Gasteiger partial charge in [0.05, 0.1) is 30.4 Å². The standard InChI is InChI=1S/C21H28N4O5S/c1-21(2,3)23-20(27)30-31(28,29)24-10-8-16(18(26)9-11-24)19-15-7-5-4-6-14(15)17-12-22-13-25(17)19/h4-7,12-13,16,18-19,26H,8-11H2,1-3H3,(H,23,27).